The fourth-order valence-corrected chi connectivity index (χ4v) is 2.91. The molecule has 11 nitrogen and oxygen atoms in total. The Labute approximate surface area is 179 Å². The number of alkyl carbamates (subject to hydrolysis) is 1. The van der Waals surface area contributed by atoms with Crippen LogP contribution in [0.5, 0.6) is 0 Å². The second-order valence-corrected chi connectivity index (χ2v) is 9.06. The lowest BCUT2D eigenvalue weighted by Crippen LogP contribution is -2.49. The predicted molar refractivity (Wildman–Crippen MR) is 106 cm³/mol. The first-order valence-corrected chi connectivity index (χ1v) is 10.8. The number of carbonyl (C=O) groups is 3. The van der Waals surface area contributed by atoms with Crippen molar-refractivity contribution in [3.05, 3.63) is 29.3 Å². The van der Waals surface area contributed by atoms with Gasteiger partial charge in [-0.25, -0.2) is 19.0 Å². The van der Waals surface area contributed by atoms with Crippen LogP contribution in [0.25, 0.3) is 0 Å². The molecule has 0 aliphatic heterocycles. The third-order valence-corrected chi connectivity index (χ3v) is 4.14. The van der Waals surface area contributed by atoms with Crippen LogP contribution in [0.15, 0.2) is 12.1 Å². The quantitative estimate of drug-likeness (QED) is 0.423. The van der Waals surface area contributed by atoms with E-state index in [1.807, 2.05) is 0 Å². The first-order chi connectivity index (χ1) is 14.1. The second kappa shape index (κ2) is 10.5. The van der Waals surface area contributed by atoms with Crippen molar-refractivity contribution < 1.29 is 40.8 Å². The zero-order valence-electron chi connectivity index (χ0n) is 18.0. The maximum Gasteiger partial charge on any atom is 0.407 e. The Morgan fingerprint density at radius 2 is 1.84 bits per heavy atom. The van der Waals surface area contributed by atoms with Gasteiger partial charge >= 0.3 is 12.1 Å². The first-order valence-electron chi connectivity index (χ1n) is 9.02. The Morgan fingerprint density at radius 3 is 2.35 bits per heavy atom. The number of halogens is 1. The molecule has 0 saturated heterocycles. The van der Waals surface area contributed by atoms with Crippen LogP contribution >= 0.6 is 0 Å². The van der Waals surface area contributed by atoms with Gasteiger partial charge < -0.3 is 20.1 Å². The van der Waals surface area contributed by atoms with Crippen LogP contribution < -0.4 is 10.6 Å². The number of nitrogens with one attached hydrogen (secondary N) is 2. The summed E-state index contributed by atoms with van der Waals surface area (Å²) in [5.74, 6) is -2.66. The van der Waals surface area contributed by atoms with Gasteiger partial charge in [0.25, 0.3) is 16.0 Å². The summed E-state index contributed by atoms with van der Waals surface area (Å²) in [6.45, 7) is 5.85. The van der Waals surface area contributed by atoms with E-state index in [-0.39, 0.29) is 17.9 Å². The standard InChI is InChI=1S/C18H26FN3O8S/c1-10(30-31(6,26)27)14(16(24)28-5)22-15(23)12-8-7-11(19)13(21-12)9-20-17(25)29-18(2,3)4/h7-8,10,14H,9H2,1-6H3,(H,20,25)(H,22,23). The van der Waals surface area contributed by atoms with E-state index in [0.29, 0.717) is 0 Å². The molecule has 0 bridgehead atoms. The molecule has 0 aliphatic rings. The molecular weight excluding hydrogens is 437 g/mol. The van der Waals surface area contributed by atoms with Crippen LogP contribution in [-0.4, -0.2) is 62.5 Å². The fourth-order valence-electron chi connectivity index (χ4n) is 2.25. The van der Waals surface area contributed by atoms with Gasteiger partial charge in [0.1, 0.15) is 23.2 Å². The SMILES string of the molecule is COC(=O)C(NC(=O)c1ccc(F)c(CNC(=O)OC(C)(C)C)n1)C(C)OS(C)(=O)=O. The topological polar surface area (TPSA) is 150 Å². The van der Waals surface area contributed by atoms with Crippen LogP contribution in [0.3, 0.4) is 0 Å². The van der Waals surface area contributed by atoms with Crippen LogP contribution in [0.2, 0.25) is 0 Å². The van der Waals surface area contributed by atoms with E-state index < -0.39 is 51.7 Å². The highest BCUT2D eigenvalue weighted by Crippen LogP contribution is 2.11. The van der Waals surface area contributed by atoms with Crippen molar-refractivity contribution in [1.82, 2.24) is 15.6 Å². The third kappa shape index (κ3) is 9.26. The molecule has 2 unspecified atom stereocenters. The molecule has 31 heavy (non-hydrogen) atoms. The number of carbonyl (C=O) groups excluding carboxylic acids is 3. The molecule has 13 heteroatoms. The largest absolute Gasteiger partial charge is 0.467 e. The molecule has 0 aliphatic carbocycles. The van der Waals surface area contributed by atoms with Gasteiger partial charge in [-0.2, -0.15) is 8.42 Å². The minimum atomic E-state index is -3.93. The number of pyridine rings is 1. The molecular formula is C18H26FN3O8S. The van der Waals surface area contributed by atoms with E-state index in [4.69, 9.17) is 8.92 Å². The van der Waals surface area contributed by atoms with E-state index in [1.165, 1.54) is 6.92 Å². The predicted octanol–water partition coefficient (Wildman–Crippen LogP) is 0.881. The number of aromatic nitrogens is 1. The maximum absolute atomic E-state index is 14.0. The molecule has 1 heterocycles. The van der Waals surface area contributed by atoms with Crippen molar-refractivity contribution in [2.75, 3.05) is 13.4 Å². The molecule has 0 fully saturated rings. The number of esters is 1. The van der Waals surface area contributed by atoms with Gasteiger partial charge in [-0.3, -0.25) is 8.98 Å². The summed E-state index contributed by atoms with van der Waals surface area (Å²) in [6, 6.07) is 0.526. The number of amides is 2. The Balaban J connectivity index is 2.97. The Morgan fingerprint density at radius 1 is 1.23 bits per heavy atom. The monoisotopic (exact) mass is 463 g/mol. The van der Waals surface area contributed by atoms with Crippen molar-refractivity contribution >= 4 is 28.1 Å². The summed E-state index contributed by atoms with van der Waals surface area (Å²) in [4.78, 5) is 40.1. The fraction of sp³-hybridized carbons (Fsp3) is 0.556. The first kappa shape index (κ1) is 26.2. The van der Waals surface area contributed by atoms with E-state index in [0.717, 1.165) is 25.5 Å². The van der Waals surface area contributed by atoms with E-state index >= 15 is 0 Å². The second-order valence-electron chi connectivity index (χ2n) is 7.46. The van der Waals surface area contributed by atoms with Gasteiger partial charge in [-0.15, -0.1) is 0 Å². The van der Waals surface area contributed by atoms with Gasteiger partial charge in [-0.05, 0) is 39.8 Å². The molecule has 2 amide bonds. The number of nitrogens with zero attached hydrogens (tertiary/aromatic N) is 1. The molecule has 2 N–H and O–H groups in total. The maximum atomic E-state index is 14.0. The number of hydrogen-bond donors (Lipinski definition) is 2. The van der Waals surface area contributed by atoms with Gasteiger partial charge in [0.2, 0.25) is 0 Å². The average molecular weight is 463 g/mol. The molecule has 1 aromatic rings. The minimum absolute atomic E-state index is 0.256. The lowest BCUT2D eigenvalue weighted by molar-refractivity contribution is -0.145. The molecule has 1 rings (SSSR count). The number of methoxy groups -OCH3 is 1. The van der Waals surface area contributed by atoms with E-state index in [2.05, 4.69) is 20.4 Å². The van der Waals surface area contributed by atoms with Crippen molar-refractivity contribution in [3.8, 4) is 0 Å². The Kier molecular flexibility index (Phi) is 8.87. The van der Waals surface area contributed by atoms with Crippen LogP contribution in [0.1, 0.15) is 43.9 Å². The van der Waals surface area contributed by atoms with Gasteiger partial charge in [0, 0.05) is 0 Å². The Bertz CT molecular complexity index is 930. The van der Waals surface area contributed by atoms with Gasteiger partial charge in [-0.1, -0.05) is 0 Å². The summed E-state index contributed by atoms with van der Waals surface area (Å²) in [5.41, 5.74) is -1.30. The van der Waals surface area contributed by atoms with Gasteiger partial charge in [0.05, 0.1) is 25.6 Å². The summed E-state index contributed by atoms with van der Waals surface area (Å²) in [6.07, 6.45) is -1.31. The summed E-state index contributed by atoms with van der Waals surface area (Å²) < 4.78 is 51.0. The highest BCUT2D eigenvalue weighted by atomic mass is 32.2. The lowest BCUT2D eigenvalue weighted by Gasteiger charge is -2.22. The van der Waals surface area contributed by atoms with Crippen LogP contribution in [-0.2, 0) is 35.1 Å². The number of rotatable bonds is 8. The molecule has 1 aromatic heterocycles. The van der Waals surface area contributed by atoms with Crippen LogP contribution in [0.4, 0.5) is 9.18 Å². The molecule has 174 valence electrons. The minimum Gasteiger partial charge on any atom is -0.467 e. The van der Waals surface area contributed by atoms with Crippen molar-refractivity contribution in [3.63, 3.8) is 0 Å². The van der Waals surface area contributed by atoms with Crippen molar-refractivity contribution in [2.45, 2.75) is 52.0 Å². The van der Waals surface area contributed by atoms with Gasteiger partial charge in [0.15, 0.2) is 6.04 Å². The van der Waals surface area contributed by atoms with Crippen LogP contribution in [0, 0.1) is 5.82 Å². The molecule has 0 spiro atoms. The summed E-state index contributed by atoms with van der Waals surface area (Å²) >= 11 is 0. The molecule has 0 aromatic carbocycles. The lowest BCUT2D eigenvalue weighted by atomic mass is 10.1. The van der Waals surface area contributed by atoms with E-state index in [1.54, 1.807) is 20.8 Å². The zero-order valence-corrected chi connectivity index (χ0v) is 18.8. The number of ether oxygens (including phenoxy) is 2. The third-order valence-electron chi connectivity index (χ3n) is 3.49. The van der Waals surface area contributed by atoms with E-state index in [9.17, 15) is 27.2 Å². The summed E-state index contributed by atoms with van der Waals surface area (Å²) in [5, 5.41) is 4.57. The average Bonchev–Trinajstić information content (AvgIpc) is 2.61. The highest BCUT2D eigenvalue weighted by Gasteiger charge is 2.31. The molecule has 2 atom stereocenters. The highest BCUT2D eigenvalue weighted by molar-refractivity contribution is 7.86. The Hall–Kier alpha value is -2.80. The molecule has 0 saturated carbocycles. The van der Waals surface area contributed by atoms with Crippen molar-refractivity contribution in [1.29, 1.82) is 0 Å². The zero-order chi connectivity index (χ0) is 24.0. The normalized spacial score (nSPS) is 13.6. The summed E-state index contributed by atoms with van der Waals surface area (Å²) in [7, 11) is -2.88. The molecule has 0 radical (unpaired) electrons. The number of hydrogen-bond acceptors (Lipinski definition) is 9. The smallest absolute Gasteiger partial charge is 0.407 e. The van der Waals surface area contributed by atoms with Crippen molar-refractivity contribution in [2.24, 2.45) is 0 Å².